The summed E-state index contributed by atoms with van der Waals surface area (Å²) in [6.07, 6.45) is -4.76. The summed E-state index contributed by atoms with van der Waals surface area (Å²) in [5, 5.41) is 13.1. The largest absolute Gasteiger partial charge is 0.478 e. The smallest absolute Gasteiger partial charge is 0.434 e. The molecular weight excluding hydrogens is 509 g/mol. The lowest BCUT2D eigenvalue weighted by atomic mass is 10.0. The first-order chi connectivity index (χ1) is 17.8. The number of carboxylic acid groups (broad SMARTS) is 1. The van der Waals surface area contributed by atoms with Crippen LogP contribution < -0.4 is 10.2 Å². The second-order valence-electron chi connectivity index (χ2n) is 9.54. The fourth-order valence-electron chi connectivity index (χ4n) is 4.81. The third-order valence-corrected chi connectivity index (χ3v) is 6.72. The molecule has 0 spiro atoms. The topological polar surface area (TPSA) is 82.8 Å². The van der Waals surface area contributed by atoms with E-state index in [1.807, 2.05) is 6.07 Å². The van der Waals surface area contributed by atoms with Crippen molar-refractivity contribution in [3.8, 4) is 0 Å². The number of carboxylic acids is 1. The van der Waals surface area contributed by atoms with Crippen LogP contribution in [-0.4, -0.2) is 44.5 Å². The number of aromatic carboxylic acids is 1. The first kappa shape index (κ1) is 25.7. The molecule has 4 aromatic rings. The zero-order chi connectivity index (χ0) is 27.4. The highest BCUT2D eigenvalue weighted by Gasteiger charge is 2.37. The monoisotopic (exact) mass is 533 g/mol. The van der Waals surface area contributed by atoms with E-state index in [2.05, 4.69) is 10.3 Å². The van der Waals surface area contributed by atoms with E-state index in [9.17, 15) is 31.9 Å². The Morgan fingerprint density at radius 1 is 1.13 bits per heavy atom. The Hall–Kier alpha value is -3.96. The number of carbonyl (C=O) groups is 1. The maximum atomic E-state index is 13.9. The van der Waals surface area contributed by atoms with E-state index in [1.54, 1.807) is 43.0 Å². The van der Waals surface area contributed by atoms with Crippen molar-refractivity contribution in [1.82, 2.24) is 14.4 Å². The number of rotatable bonds is 5. The normalized spacial score (nSPS) is 16.7. The number of hydrogen-bond acceptors (Lipinski definition) is 5. The van der Waals surface area contributed by atoms with Gasteiger partial charge in [0, 0.05) is 48.8 Å². The molecule has 0 bridgehead atoms. The fourth-order valence-corrected chi connectivity index (χ4v) is 4.81. The number of aryl methyl sites for hydroxylation is 1. The number of nitrogens with one attached hydrogen (secondary N) is 1. The maximum absolute atomic E-state index is 13.9. The van der Waals surface area contributed by atoms with Gasteiger partial charge in [0.25, 0.3) is 5.92 Å². The molecule has 200 valence electrons. The van der Waals surface area contributed by atoms with Crippen LogP contribution in [0.4, 0.5) is 33.6 Å². The Kier molecular flexibility index (Phi) is 6.15. The average molecular weight is 534 g/mol. The summed E-state index contributed by atoms with van der Waals surface area (Å²) < 4.78 is 70.0. The number of para-hydroxylation sites is 1. The Morgan fingerprint density at radius 2 is 1.82 bits per heavy atom. The predicted octanol–water partition coefficient (Wildman–Crippen LogP) is 6.32. The molecule has 0 unspecified atom stereocenters. The quantitative estimate of drug-likeness (QED) is 0.293. The van der Waals surface area contributed by atoms with E-state index < -0.39 is 42.6 Å². The van der Waals surface area contributed by atoms with Crippen molar-refractivity contribution in [3.05, 3.63) is 65.0 Å². The van der Waals surface area contributed by atoms with E-state index in [-0.39, 0.29) is 30.2 Å². The molecule has 3 heterocycles. The number of nitrogens with zero attached hydrogens (tertiary/aromatic N) is 4. The molecule has 1 fully saturated rings. The van der Waals surface area contributed by atoms with E-state index >= 15 is 0 Å². The summed E-state index contributed by atoms with van der Waals surface area (Å²) in [4.78, 5) is 21.8. The maximum Gasteiger partial charge on any atom is 0.434 e. The van der Waals surface area contributed by atoms with Gasteiger partial charge in [-0.25, -0.2) is 23.5 Å². The third kappa shape index (κ3) is 4.70. The highest BCUT2D eigenvalue weighted by atomic mass is 19.4. The molecule has 0 saturated carbocycles. The molecular formula is C26H24F5N5O2. The highest BCUT2D eigenvalue weighted by Crippen LogP contribution is 2.37. The molecule has 2 aromatic heterocycles. The summed E-state index contributed by atoms with van der Waals surface area (Å²) in [7, 11) is 0. The summed E-state index contributed by atoms with van der Waals surface area (Å²) in [5.74, 6) is -3.87. The number of imidazole rings is 1. The van der Waals surface area contributed by atoms with Crippen LogP contribution in [0.15, 0.2) is 42.6 Å². The Balaban J connectivity index is 1.70. The van der Waals surface area contributed by atoms with Gasteiger partial charge >= 0.3 is 12.1 Å². The number of fused-ring (bicyclic) bond motifs is 3. The molecule has 1 atom stereocenters. The molecule has 38 heavy (non-hydrogen) atoms. The minimum Gasteiger partial charge on any atom is -0.478 e. The van der Waals surface area contributed by atoms with Crippen LogP contribution in [0.5, 0.6) is 0 Å². The standard InChI is InChI=1S/C26H24F5N5O2/c1-14-11-17(15(2)32-19-6-4-3-5-16(19)23(37)38)21-18(12-14)22-33-20(26(29,30)31)13-36(22)24(34-21)35-9-7-25(27,28)8-10-35/h3-6,11-13,15,32H,7-10H2,1-2H3,(H,37,38)/t15-/m1/s1. The predicted molar refractivity (Wildman–Crippen MR) is 132 cm³/mol. The Morgan fingerprint density at radius 3 is 2.47 bits per heavy atom. The average Bonchev–Trinajstić information content (AvgIpc) is 3.30. The number of alkyl halides is 5. The molecule has 0 amide bonds. The number of hydrogen-bond donors (Lipinski definition) is 2. The van der Waals surface area contributed by atoms with Crippen molar-refractivity contribution >= 4 is 34.2 Å². The van der Waals surface area contributed by atoms with Crippen molar-refractivity contribution in [1.29, 1.82) is 0 Å². The molecule has 1 saturated heterocycles. The number of halogens is 5. The van der Waals surface area contributed by atoms with Crippen LogP contribution in [0.1, 0.15) is 53.0 Å². The van der Waals surface area contributed by atoms with E-state index in [4.69, 9.17) is 4.98 Å². The van der Waals surface area contributed by atoms with Gasteiger partial charge in [-0.3, -0.25) is 4.40 Å². The molecule has 1 aliphatic heterocycles. The van der Waals surface area contributed by atoms with Gasteiger partial charge in [0.2, 0.25) is 5.95 Å². The molecule has 2 aromatic carbocycles. The van der Waals surface area contributed by atoms with Crippen molar-refractivity contribution in [3.63, 3.8) is 0 Å². The van der Waals surface area contributed by atoms with Crippen molar-refractivity contribution in [2.75, 3.05) is 23.3 Å². The lowest BCUT2D eigenvalue weighted by Crippen LogP contribution is -2.40. The zero-order valence-electron chi connectivity index (χ0n) is 20.5. The van der Waals surface area contributed by atoms with Crippen LogP contribution in [-0.2, 0) is 6.18 Å². The fraction of sp³-hybridized carbons (Fsp3) is 0.346. The summed E-state index contributed by atoms with van der Waals surface area (Å²) >= 11 is 0. The highest BCUT2D eigenvalue weighted by molar-refractivity contribution is 5.96. The van der Waals surface area contributed by atoms with Gasteiger partial charge in [-0.2, -0.15) is 13.2 Å². The van der Waals surface area contributed by atoms with Crippen molar-refractivity contribution in [2.24, 2.45) is 0 Å². The Bertz CT molecular complexity index is 1540. The van der Waals surface area contributed by atoms with Gasteiger partial charge in [0.15, 0.2) is 5.69 Å². The number of aromatic nitrogens is 3. The third-order valence-electron chi connectivity index (χ3n) is 6.72. The lowest BCUT2D eigenvalue weighted by molar-refractivity contribution is -0.140. The Labute approximate surface area is 213 Å². The van der Waals surface area contributed by atoms with Crippen LogP contribution >= 0.6 is 0 Å². The van der Waals surface area contributed by atoms with E-state index in [1.165, 1.54) is 10.5 Å². The summed E-state index contributed by atoms with van der Waals surface area (Å²) in [5.41, 5.74) is 1.01. The number of benzene rings is 2. The first-order valence-electron chi connectivity index (χ1n) is 12.0. The van der Waals surface area contributed by atoms with Gasteiger partial charge in [-0.15, -0.1) is 0 Å². The van der Waals surface area contributed by atoms with Gasteiger partial charge in [0.1, 0.15) is 5.65 Å². The van der Waals surface area contributed by atoms with Gasteiger partial charge in [-0.05, 0) is 37.6 Å². The second-order valence-corrected chi connectivity index (χ2v) is 9.54. The van der Waals surface area contributed by atoms with Gasteiger partial charge in [0.05, 0.1) is 17.1 Å². The molecule has 0 aliphatic carbocycles. The van der Waals surface area contributed by atoms with Crippen LogP contribution in [0, 0.1) is 6.92 Å². The summed E-state index contributed by atoms with van der Waals surface area (Å²) in [6, 6.07) is 9.35. The molecule has 0 radical (unpaired) electrons. The minimum atomic E-state index is -4.72. The van der Waals surface area contributed by atoms with E-state index in [0.717, 1.165) is 11.8 Å². The van der Waals surface area contributed by atoms with Crippen LogP contribution in [0.25, 0.3) is 16.6 Å². The summed E-state index contributed by atoms with van der Waals surface area (Å²) in [6.45, 7) is 3.40. The van der Waals surface area contributed by atoms with Gasteiger partial charge < -0.3 is 15.3 Å². The van der Waals surface area contributed by atoms with Crippen LogP contribution in [0.3, 0.4) is 0 Å². The second kappa shape index (κ2) is 9.10. The number of piperidine rings is 1. The molecule has 7 nitrogen and oxygen atoms in total. The van der Waals surface area contributed by atoms with Crippen molar-refractivity contribution in [2.45, 2.75) is 44.8 Å². The zero-order valence-corrected chi connectivity index (χ0v) is 20.5. The van der Waals surface area contributed by atoms with Gasteiger partial charge in [-0.1, -0.05) is 18.2 Å². The number of anilines is 2. The molecule has 12 heteroatoms. The SMILES string of the molecule is Cc1cc([C@@H](C)Nc2ccccc2C(=O)O)c2nc(N3CCC(F)(F)CC3)n3cc(C(F)(F)F)nc3c2c1. The van der Waals surface area contributed by atoms with E-state index in [0.29, 0.717) is 22.2 Å². The van der Waals surface area contributed by atoms with Crippen molar-refractivity contribution < 1.29 is 31.9 Å². The molecule has 2 N–H and O–H groups in total. The van der Waals surface area contributed by atoms with Crippen LogP contribution in [0.2, 0.25) is 0 Å². The lowest BCUT2D eigenvalue weighted by Gasteiger charge is -2.33. The minimum absolute atomic E-state index is 0.0118. The first-order valence-corrected chi connectivity index (χ1v) is 12.0. The molecule has 5 rings (SSSR count). The molecule has 1 aliphatic rings.